The second-order valence-electron chi connectivity index (χ2n) is 5.24. The Bertz CT molecular complexity index is 499. The highest BCUT2D eigenvalue weighted by molar-refractivity contribution is 5.94. The molecule has 1 amide bonds. The molecule has 108 valence electrons. The SMILES string of the molecule is C=CCc1cc(C(=O)NC2CCN(C)C2)ccc1OC. The molecule has 1 saturated heterocycles. The highest BCUT2D eigenvalue weighted by Gasteiger charge is 2.21. The predicted octanol–water partition coefficient (Wildman–Crippen LogP) is 1.86. The molecule has 4 nitrogen and oxygen atoms in total. The Morgan fingerprint density at radius 1 is 1.60 bits per heavy atom. The lowest BCUT2D eigenvalue weighted by Gasteiger charge is -2.14. The van der Waals surface area contributed by atoms with Crippen molar-refractivity contribution in [3.63, 3.8) is 0 Å². The van der Waals surface area contributed by atoms with Gasteiger partial charge in [0.05, 0.1) is 7.11 Å². The number of likely N-dealkylation sites (tertiary alicyclic amines) is 1. The zero-order valence-electron chi connectivity index (χ0n) is 12.2. The number of allylic oxidation sites excluding steroid dienone is 1. The number of rotatable bonds is 5. The highest BCUT2D eigenvalue weighted by Crippen LogP contribution is 2.21. The number of nitrogens with zero attached hydrogens (tertiary/aromatic N) is 1. The predicted molar refractivity (Wildman–Crippen MR) is 80.3 cm³/mol. The Morgan fingerprint density at radius 3 is 3.00 bits per heavy atom. The third-order valence-corrected chi connectivity index (χ3v) is 3.63. The van der Waals surface area contributed by atoms with Gasteiger partial charge in [-0.2, -0.15) is 0 Å². The van der Waals surface area contributed by atoms with Crippen molar-refractivity contribution >= 4 is 5.91 Å². The average molecular weight is 274 g/mol. The van der Waals surface area contributed by atoms with Crippen LogP contribution in [0.25, 0.3) is 0 Å². The first kappa shape index (κ1) is 14.6. The van der Waals surface area contributed by atoms with Gasteiger partial charge in [0.2, 0.25) is 0 Å². The third kappa shape index (κ3) is 3.39. The highest BCUT2D eigenvalue weighted by atomic mass is 16.5. The minimum Gasteiger partial charge on any atom is -0.496 e. The van der Waals surface area contributed by atoms with Crippen LogP contribution in [-0.2, 0) is 6.42 Å². The summed E-state index contributed by atoms with van der Waals surface area (Å²) in [5.74, 6) is 0.778. The van der Waals surface area contributed by atoms with Crippen molar-refractivity contribution in [2.45, 2.75) is 18.9 Å². The summed E-state index contributed by atoms with van der Waals surface area (Å²) in [6.07, 6.45) is 3.51. The molecule has 20 heavy (non-hydrogen) atoms. The quantitative estimate of drug-likeness (QED) is 0.833. The van der Waals surface area contributed by atoms with Crippen LogP contribution in [0.15, 0.2) is 30.9 Å². The second kappa shape index (κ2) is 6.57. The second-order valence-corrected chi connectivity index (χ2v) is 5.24. The van der Waals surface area contributed by atoms with E-state index in [4.69, 9.17) is 4.74 Å². The fourth-order valence-corrected chi connectivity index (χ4v) is 2.56. The van der Waals surface area contributed by atoms with Gasteiger partial charge >= 0.3 is 0 Å². The van der Waals surface area contributed by atoms with Crippen molar-refractivity contribution in [2.24, 2.45) is 0 Å². The molecule has 1 atom stereocenters. The number of hydrogen-bond donors (Lipinski definition) is 1. The smallest absolute Gasteiger partial charge is 0.251 e. The van der Waals surface area contributed by atoms with Gasteiger partial charge in [0, 0.05) is 18.2 Å². The molecule has 1 aromatic carbocycles. The lowest BCUT2D eigenvalue weighted by Crippen LogP contribution is -2.36. The van der Waals surface area contributed by atoms with E-state index in [1.54, 1.807) is 13.2 Å². The Hall–Kier alpha value is -1.81. The number of carbonyl (C=O) groups excluding carboxylic acids is 1. The molecular weight excluding hydrogens is 252 g/mol. The number of benzene rings is 1. The minimum atomic E-state index is -0.0155. The summed E-state index contributed by atoms with van der Waals surface area (Å²) < 4.78 is 5.29. The zero-order chi connectivity index (χ0) is 14.5. The molecule has 0 bridgehead atoms. The van der Waals surface area contributed by atoms with Gasteiger partial charge < -0.3 is 15.0 Å². The zero-order valence-corrected chi connectivity index (χ0v) is 12.2. The van der Waals surface area contributed by atoms with Crippen LogP contribution in [-0.4, -0.2) is 44.1 Å². The molecular formula is C16H22N2O2. The van der Waals surface area contributed by atoms with Crippen LogP contribution in [0.3, 0.4) is 0 Å². The van der Waals surface area contributed by atoms with E-state index in [2.05, 4.69) is 23.8 Å². The maximum absolute atomic E-state index is 12.3. The molecule has 1 N–H and O–H groups in total. The van der Waals surface area contributed by atoms with Gasteiger partial charge in [-0.15, -0.1) is 6.58 Å². The first-order chi connectivity index (χ1) is 9.63. The van der Waals surface area contributed by atoms with Crippen LogP contribution in [0, 0.1) is 0 Å². The summed E-state index contributed by atoms with van der Waals surface area (Å²) in [6.45, 7) is 5.69. The van der Waals surface area contributed by atoms with Crippen molar-refractivity contribution in [1.82, 2.24) is 10.2 Å². The van der Waals surface area contributed by atoms with Gasteiger partial charge in [0.25, 0.3) is 5.91 Å². The maximum atomic E-state index is 12.3. The number of methoxy groups -OCH3 is 1. The average Bonchev–Trinajstić information content (AvgIpc) is 2.84. The fraction of sp³-hybridized carbons (Fsp3) is 0.438. The molecule has 1 aliphatic rings. The lowest BCUT2D eigenvalue weighted by atomic mass is 10.1. The van der Waals surface area contributed by atoms with Crippen molar-refractivity contribution in [2.75, 3.05) is 27.2 Å². The molecule has 0 spiro atoms. The summed E-state index contributed by atoms with van der Waals surface area (Å²) in [5, 5.41) is 3.09. The lowest BCUT2D eigenvalue weighted by molar-refractivity contribution is 0.0938. The Labute approximate surface area is 120 Å². The standard InChI is InChI=1S/C16H22N2O2/c1-4-5-12-10-13(6-7-15(12)20-3)16(19)17-14-8-9-18(2)11-14/h4,6-7,10,14H,1,5,8-9,11H2,2-3H3,(H,17,19). The van der Waals surface area contributed by atoms with E-state index < -0.39 is 0 Å². The number of likely N-dealkylation sites (N-methyl/N-ethyl adjacent to an activating group) is 1. The third-order valence-electron chi connectivity index (χ3n) is 3.63. The topological polar surface area (TPSA) is 41.6 Å². The number of nitrogens with one attached hydrogen (secondary N) is 1. The van der Waals surface area contributed by atoms with E-state index in [1.165, 1.54) is 0 Å². The first-order valence-corrected chi connectivity index (χ1v) is 6.91. The largest absolute Gasteiger partial charge is 0.496 e. The molecule has 4 heteroatoms. The summed E-state index contributed by atoms with van der Waals surface area (Å²) in [6, 6.07) is 5.78. The number of ether oxygens (including phenoxy) is 1. The molecule has 1 unspecified atom stereocenters. The molecule has 1 fully saturated rings. The molecule has 0 saturated carbocycles. The summed E-state index contributed by atoms with van der Waals surface area (Å²) in [7, 11) is 3.71. The van der Waals surface area contributed by atoms with Crippen molar-refractivity contribution in [3.05, 3.63) is 42.0 Å². The van der Waals surface area contributed by atoms with E-state index in [0.29, 0.717) is 12.0 Å². The van der Waals surface area contributed by atoms with Crippen LogP contribution in [0.4, 0.5) is 0 Å². The van der Waals surface area contributed by atoms with Gasteiger partial charge in [-0.25, -0.2) is 0 Å². The van der Waals surface area contributed by atoms with E-state index in [0.717, 1.165) is 30.8 Å². The van der Waals surface area contributed by atoms with Crippen LogP contribution in [0.2, 0.25) is 0 Å². The van der Waals surface area contributed by atoms with E-state index in [-0.39, 0.29) is 11.9 Å². The van der Waals surface area contributed by atoms with Crippen LogP contribution >= 0.6 is 0 Å². The number of carbonyl (C=O) groups is 1. The molecule has 1 heterocycles. The van der Waals surface area contributed by atoms with Gasteiger partial charge in [-0.1, -0.05) is 6.08 Å². The van der Waals surface area contributed by atoms with Gasteiger partial charge in [0.1, 0.15) is 5.75 Å². The molecule has 2 rings (SSSR count). The van der Waals surface area contributed by atoms with Crippen molar-refractivity contribution in [1.29, 1.82) is 0 Å². The van der Waals surface area contributed by atoms with E-state index >= 15 is 0 Å². The number of amides is 1. The van der Waals surface area contributed by atoms with Crippen LogP contribution in [0.5, 0.6) is 5.75 Å². The normalized spacial score (nSPS) is 18.8. The van der Waals surface area contributed by atoms with Crippen LogP contribution in [0.1, 0.15) is 22.3 Å². The Kier molecular flexibility index (Phi) is 4.79. The van der Waals surface area contributed by atoms with Gasteiger partial charge in [-0.05, 0) is 50.2 Å². The summed E-state index contributed by atoms with van der Waals surface area (Å²) in [5.41, 5.74) is 1.66. The molecule has 1 aliphatic heterocycles. The summed E-state index contributed by atoms with van der Waals surface area (Å²) >= 11 is 0. The molecule has 0 aliphatic carbocycles. The Morgan fingerprint density at radius 2 is 2.40 bits per heavy atom. The van der Waals surface area contributed by atoms with Gasteiger partial charge in [0.15, 0.2) is 0 Å². The monoisotopic (exact) mass is 274 g/mol. The minimum absolute atomic E-state index is 0.0155. The van der Waals surface area contributed by atoms with E-state index in [1.807, 2.05) is 18.2 Å². The maximum Gasteiger partial charge on any atom is 0.251 e. The van der Waals surface area contributed by atoms with Gasteiger partial charge in [-0.3, -0.25) is 4.79 Å². The van der Waals surface area contributed by atoms with Crippen LogP contribution < -0.4 is 10.1 Å². The summed E-state index contributed by atoms with van der Waals surface area (Å²) in [4.78, 5) is 14.5. The molecule has 0 radical (unpaired) electrons. The first-order valence-electron chi connectivity index (χ1n) is 6.91. The Balaban J connectivity index is 2.09. The fourth-order valence-electron chi connectivity index (χ4n) is 2.56. The van der Waals surface area contributed by atoms with E-state index in [9.17, 15) is 4.79 Å². The van der Waals surface area contributed by atoms with Crippen molar-refractivity contribution in [3.8, 4) is 5.75 Å². The molecule has 0 aromatic heterocycles. The number of hydrogen-bond acceptors (Lipinski definition) is 3. The molecule has 1 aromatic rings. The van der Waals surface area contributed by atoms with Crippen molar-refractivity contribution < 1.29 is 9.53 Å².